The van der Waals surface area contributed by atoms with Crippen LogP contribution in [0.25, 0.3) is 32.7 Å². The van der Waals surface area contributed by atoms with Crippen LogP contribution in [0.4, 0.5) is 5.69 Å². The van der Waals surface area contributed by atoms with Gasteiger partial charge in [0.25, 0.3) is 5.17 Å². The Kier molecular flexibility index (Phi) is 8.08. The van der Waals surface area contributed by atoms with Gasteiger partial charge in [0.05, 0.1) is 12.5 Å². The Morgan fingerprint density at radius 3 is 2.32 bits per heavy atom. The summed E-state index contributed by atoms with van der Waals surface area (Å²) in [5.74, 6) is 2.52. The molecule has 2 aromatic heterocycles. The minimum Gasteiger partial charge on any atom is -0.492 e. The summed E-state index contributed by atoms with van der Waals surface area (Å²) >= 11 is 5.41. The monoisotopic (exact) mass is 565 g/mol. The molecule has 208 valence electrons. The maximum Gasteiger partial charge on any atom is 0.336 e. The normalized spacial score (nSPS) is 11.0. The second kappa shape index (κ2) is 11.9. The van der Waals surface area contributed by atoms with Crippen molar-refractivity contribution in [2.45, 2.75) is 26.7 Å². The van der Waals surface area contributed by atoms with Crippen molar-refractivity contribution in [2.75, 3.05) is 19.1 Å². The summed E-state index contributed by atoms with van der Waals surface area (Å²) in [4.78, 5) is 13.1. The van der Waals surface area contributed by atoms with Crippen molar-refractivity contribution in [3.63, 3.8) is 0 Å². The maximum atomic E-state index is 11.2. The Morgan fingerprint density at radius 2 is 1.59 bits per heavy atom. The van der Waals surface area contributed by atoms with E-state index in [4.69, 9.17) is 30.5 Å². The zero-order valence-corrected chi connectivity index (χ0v) is 24.5. The standard InChI is InChI=1S/C19H17NOS.C15H14O4/c1-14-6-5-9-17(12-14)20(2)19(22)21-18-11-10-15-7-3-4-8-16(15)13-18;1-8(2)14-15(17-3)10-6-9-4-5-13(16)18-11(9)7-12(10)19-14/h3-13H,1-2H3;4-8H,1-3H3. The molecule has 4 aromatic carbocycles. The quantitative estimate of drug-likeness (QED) is 0.157. The molecule has 0 bridgehead atoms. The van der Waals surface area contributed by atoms with E-state index in [0.717, 1.165) is 39.1 Å². The smallest absolute Gasteiger partial charge is 0.336 e. The average molecular weight is 566 g/mol. The molecule has 0 aliphatic heterocycles. The van der Waals surface area contributed by atoms with Crippen LogP contribution in [0.15, 0.2) is 105 Å². The van der Waals surface area contributed by atoms with Crippen LogP contribution in [0.3, 0.4) is 0 Å². The van der Waals surface area contributed by atoms with Crippen molar-refractivity contribution in [2.24, 2.45) is 0 Å². The van der Waals surface area contributed by atoms with E-state index in [2.05, 4.69) is 31.2 Å². The number of rotatable bonds is 4. The highest BCUT2D eigenvalue weighted by Crippen LogP contribution is 2.39. The summed E-state index contributed by atoms with van der Waals surface area (Å²) in [5.41, 5.74) is 3.03. The highest BCUT2D eigenvalue weighted by molar-refractivity contribution is 7.80. The second-order valence-corrected chi connectivity index (χ2v) is 10.4. The molecule has 7 heteroatoms. The van der Waals surface area contributed by atoms with Gasteiger partial charge in [-0.2, -0.15) is 0 Å². The number of furan rings is 1. The number of nitrogens with zero attached hydrogens (tertiary/aromatic N) is 1. The molecule has 6 rings (SSSR count). The van der Waals surface area contributed by atoms with Crippen molar-refractivity contribution < 1.29 is 18.3 Å². The van der Waals surface area contributed by atoms with Crippen LogP contribution in [0.5, 0.6) is 11.5 Å². The zero-order chi connectivity index (χ0) is 29.1. The van der Waals surface area contributed by atoms with E-state index in [-0.39, 0.29) is 11.5 Å². The molecule has 0 unspecified atom stereocenters. The fourth-order valence-corrected chi connectivity index (χ4v) is 4.79. The molecule has 2 heterocycles. The van der Waals surface area contributed by atoms with Gasteiger partial charge < -0.3 is 23.2 Å². The molecule has 0 radical (unpaired) electrons. The third-order valence-corrected chi connectivity index (χ3v) is 7.08. The number of benzene rings is 4. The lowest BCUT2D eigenvalue weighted by Crippen LogP contribution is -2.29. The van der Waals surface area contributed by atoms with Crippen LogP contribution in [-0.2, 0) is 0 Å². The van der Waals surface area contributed by atoms with Crippen molar-refractivity contribution in [1.82, 2.24) is 0 Å². The van der Waals surface area contributed by atoms with Crippen LogP contribution >= 0.6 is 12.2 Å². The molecule has 6 aromatic rings. The highest BCUT2D eigenvalue weighted by Gasteiger charge is 2.18. The second-order valence-electron chi connectivity index (χ2n) is 10.1. The summed E-state index contributed by atoms with van der Waals surface area (Å²) in [6.45, 7) is 6.14. The van der Waals surface area contributed by atoms with Gasteiger partial charge in [-0.05, 0) is 71.9 Å². The first kappa shape index (κ1) is 27.9. The van der Waals surface area contributed by atoms with Crippen LogP contribution in [0, 0.1) is 6.92 Å². The number of hydrogen-bond acceptors (Lipinski definition) is 6. The number of methoxy groups -OCH3 is 1. The molecular weight excluding hydrogens is 534 g/mol. The summed E-state index contributed by atoms with van der Waals surface area (Å²) in [7, 11) is 3.55. The summed E-state index contributed by atoms with van der Waals surface area (Å²) in [6.07, 6.45) is 0. The Bertz CT molecular complexity index is 1920. The highest BCUT2D eigenvalue weighted by atomic mass is 32.1. The van der Waals surface area contributed by atoms with E-state index >= 15 is 0 Å². The Labute approximate surface area is 243 Å². The fraction of sp³-hybridized carbons (Fsp3) is 0.176. The predicted octanol–water partition coefficient (Wildman–Crippen LogP) is 8.62. The Balaban J connectivity index is 0.000000166. The first-order chi connectivity index (χ1) is 19.7. The molecule has 0 amide bonds. The predicted molar refractivity (Wildman–Crippen MR) is 170 cm³/mol. The van der Waals surface area contributed by atoms with Gasteiger partial charge >= 0.3 is 5.63 Å². The first-order valence-corrected chi connectivity index (χ1v) is 13.7. The maximum absolute atomic E-state index is 11.2. The van der Waals surface area contributed by atoms with E-state index in [1.165, 1.54) is 17.0 Å². The van der Waals surface area contributed by atoms with Crippen molar-refractivity contribution in [3.8, 4) is 11.5 Å². The molecule has 0 aliphatic carbocycles. The molecule has 0 aliphatic rings. The first-order valence-electron chi connectivity index (χ1n) is 13.3. The summed E-state index contributed by atoms with van der Waals surface area (Å²) < 4.78 is 22.3. The summed E-state index contributed by atoms with van der Waals surface area (Å²) in [5, 5.41) is 4.50. The lowest BCUT2D eigenvalue weighted by Gasteiger charge is -2.20. The van der Waals surface area contributed by atoms with E-state index in [0.29, 0.717) is 16.3 Å². The Hall–Kier alpha value is -4.62. The van der Waals surface area contributed by atoms with Crippen molar-refractivity contribution in [1.29, 1.82) is 0 Å². The van der Waals surface area contributed by atoms with Crippen LogP contribution in [0.2, 0.25) is 0 Å². The average Bonchev–Trinajstić information content (AvgIpc) is 3.33. The topological polar surface area (TPSA) is 65.1 Å². The largest absolute Gasteiger partial charge is 0.492 e. The van der Waals surface area contributed by atoms with Gasteiger partial charge in [-0.3, -0.25) is 0 Å². The van der Waals surface area contributed by atoms with Gasteiger partial charge in [-0.1, -0.05) is 56.3 Å². The van der Waals surface area contributed by atoms with Gasteiger partial charge in [0, 0.05) is 36.2 Å². The third kappa shape index (κ3) is 6.10. The van der Waals surface area contributed by atoms with Crippen molar-refractivity contribution >= 4 is 55.8 Å². The third-order valence-electron chi connectivity index (χ3n) is 6.73. The van der Waals surface area contributed by atoms with Gasteiger partial charge in [-0.25, -0.2) is 4.79 Å². The minimum atomic E-state index is -0.366. The summed E-state index contributed by atoms with van der Waals surface area (Å²) in [6, 6.07) is 29.1. The molecule has 0 spiro atoms. The fourth-order valence-electron chi connectivity index (χ4n) is 4.59. The SMILES string of the molecule is COc1c(C(C)C)oc2cc3oc(=O)ccc3cc12.Cc1cccc(N(C)C(=S)Oc2ccc3ccccc3c2)c1. The van der Waals surface area contributed by atoms with Gasteiger partial charge in [0.1, 0.15) is 22.7 Å². The van der Waals surface area contributed by atoms with Gasteiger partial charge in [0.15, 0.2) is 5.75 Å². The van der Waals surface area contributed by atoms with E-state index < -0.39 is 0 Å². The molecular formula is C34H31NO5S. The zero-order valence-electron chi connectivity index (χ0n) is 23.6. The number of aryl methyl sites for hydroxylation is 1. The molecule has 6 nitrogen and oxygen atoms in total. The van der Waals surface area contributed by atoms with Gasteiger partial charge in [0.2, 0.25) is 0 Å². The minimum absolute atomic E-state index is 0.220. The van der Waals surface area contributed by atoms with E-state index in [1.54, 1.807) is 19.2 Å². The molecule has 0 saturated carbocycles. The Morgan fingerprint density at radius 1 is 0.829 bits per heavy atom. The lowest BCUT2D eigenvalue weighted by atomic mass is 10.1. The number of hydrogen-bond donors (Lipinski definition) is 0. The number of fused-ring (bicyclic) bond motifs is 3. The van der Waals surface area contributed by atoms with Gasteiger partial charge in [-0.15, -0.1) is 0 Å². The lowest BCUT2D eigenvalue weighted by molar-refractivity contribution is 0.390. The molecule has 41 heavy (non-hydrogen) atoms. The molecule has 0 atom stereocenters. The van der Waals surface area contributed by atoms with Crippen molar-refractivity contribution in [3.05, 3.63) is 113 Å². The molecule has 0 saturated heterocycles. The number of thiocarbonyl (C=S) groups is 1. The molecule has 0 N–H and O–H groups in total. The van der Waals surface area contributed by atoms with E-state index in [1.807, 2.05) is 74.3 Å². The number of anilines is 1. The van der Waals surface area contributed by atoms with Crippen LogP contribution < -0.4 is 20.0 Å². The van der Waals surface area contributed by atoms with E-state index in [9.17, 15) is 4.79 Å². The van der Waals surface area contributed by atoms with Crippen LogP contribution in [-0.4, -0.2) is 19.3 Å². The van der Waals surface area contributed by atoms with Crippen LogP contribution in [0.1, 0.15) is 31.1 Å². The molecule has 0 fully saturated rings. The number of ether oxygens (including phenoxy) is 2.